The topological polar surface area (TPSA) is 35.2 Å². The van der Waals surface area contributed by atoms with Gasteiger partial charge in [0, 0.05) is 6.04 Å². The predicted molar refractivity (Wildman–Crippen MR) is 115 cm³/mol. The van der Waals surface area contributed by atoms with E-state index in [1.165, 1.54) is 89.9 Å². The minimum atomic E-state index is 0.160. The molecule has 0 bridgehead atoms. The normalized spacial score (nSPS) is 12.2. The Balaban J connectivity index is 1.77. The van der Waals surface area contributed by atoms with Crippen molar-refractivity contribution in [2.45, 2.75) is 109 Å². The molecule has 2 heteroatoms. The summed E-state index contributed by atoms with van der Waals surface area (Å²) in [5.41, 5.74) is 6.14. The fourth-order valence-electron chi connectivity index (χ4n) is 3.40. The van der Waals surface area contributed by atoms with Crippen LogP contribution in [0.2, 0.25) is 0 Å². The second-order valence-electron chi connectivity index (χ2n) is 7.77. The van der Waals surface area contributed by atoms with Crippen molar-refractivity contribution in [2.75, 3.05) is 6.61 Å². The Bertz CT molecular complexity index is 392. The first-order valence-corrected chi connectivity index (χ1v) is 11.3. The Kier molecular flexibility index (Phi) is 15.4. The summed E-state index contributed by atoms with van der Waals surface area (Å²) in [4.78, 5) is 0. The molecule has 0 aliphatic carbocycles. The zero-order chi connectivity index (χ0) is 18.7. The highest BCUT2D eigenvalue weighted by Gasteiger charge is 2.03. The molecule has 0 saturated heterocycles. The standard InChI is InChI=1S/C24H43NO/c1-2-3-4-5-6-7-8-9-10-11-12-13-14-16-19-23(25)22-26-24-20-17-15-18-21-24/h15,17-18,20-21,23H,2-14,16,19,22,25H2,1H3. The molecular weight excluding hydrogens is 318 g/mol. The summed E-state index contributed by atoms with van der Waals surface area (Å²) in [7, 11) is 0. The van der Waals surface area contributed by atoms with Gasteiger partial charge in [-0.15, -0.1) is 0 Å². The third kappa shape index (κ3) is 14.2. The molecule has 0 spiro atoms. The molecule has 1 atom stereocenters. The van der Waals surface area contributed by atoms with Gasteiger partial charge in [0.2, 0.25) is 0 Å². The van der Waals surface area contributed by atoms with Crippen LogP contribution in [0.25, 0.3) is 0 Å². The number of hydrogen-bond donors (Lipinski definition) is 1. The molecule has 0 aliphatic heterocycles. The molecule has 1 unspecified atom stereocenters. The van der Waals surface area contributed by atoms with E-state index in [-0.39, 0.29) is 6.04 Å². The van der Waals surface area contributed by atoms with Crippen molar-refractivity contribution in [1.82, 2.24) is 0 Å². The first kappa shape index (κ1) is 23.0. The minimum Gasteiger partial charge on any atom is -0.492 e. The molecule has 1 aromatic carbocycles. The van der Waals surface area contributed by atoms with E-state index in [9.17, 15) is 0 Å². The lowest BCUT2D eigenvalue weighted by Gasteiger charge is -2.13. The molecule has 2 nitrogen and oxygen atoms in total. The summed E-state index contributed by atoms with van der Waals surface area (Å²) in [6.07, 6.45) is 20.7. The molecule has 0 radical (unpaired) electrons. The molecule has 150 valence electrons. The molecule has 0 aromatic heterocycles. The Morgan fingerprint density at radius 2 is 1.15 bits per heavy atom. The quantitative estimate of drug-likeness (QED) is 0.279. The monoisotopic (exact) mass is 361 g/mol. The zero-order valence-electron chi connectivity index (χ0n) is 17.3. The molecule has 1 aromatic rings. The van der Waals surface area contributed by atoms with Crippen molar-refractivity contribution >= 4 is 0 Å². The Morgan fingerprint density at radius 1 is 0.692 bits per heavy atom. The van der Waals surface area contributed by atoms with E-state index in [1.54, 1.807) is 0 Å². The van der Waals surface area contributed by atoms with Crippen LogP contribution >= 0.6 is 0 Å². The van der Waals surface area contributed by atoms with Crippen LogP contribution in [-0.2, 0) is 0 Å². The first-order valence-electron chi connectivity index (χ1n) is 11.3. The molecule has 26 heavy (non-hydrogen) atoms. The number of rotatable bonds is 18. The van der Waals surface area contributed by atoms with E-state index in [2.05, 4.69) is 6.92 Å². The van der Waals surface area contributed by atoms with Crippen LogP contribution in [0.15, 0.2) is 30.3 Å². The number of para-hydroxylation sites is 1. The van der Waals surface area contributed by atoms with Crippen LogP contribution in [0.3, 0.4) is 0 Å². The number of nitrogens with two attached hydrogens (primary N) is 1. The van der Waals surface area contributed by atoms with Gasteiger partial charge < -0.3 is 10.5 Å². The summed E-state index contributed by atoms with van der Waals surface area (Å²) in [6.45, 7) is 2.91. The van der Waals surface area contributed by atoms with Crippen molar-refractivity contribution in [1.29, 1.82) is 0 Å². The largest absolute Gasteiger partial charge is 0.492 e. The Morgan fingerprint density at radius 3 is 1.65 bits per heavy atom. The zero-order valence-corrected chi connectivity index (χ0v) is 17.3. The number of ether oxygens (including phenoxy) is 1. The van der Waals surface area contributed by atoms with Gasteiger partial charge in [-0.05, 0) is 18.6 Å². The van der Waals surface area contributed by atoms with Gasteiger partial charge in [0.25, 0.3) is 0 Å². The van der Waals surface area contributed by atoms with E-state index in [0.29, 0.717) is 6.61 Å². The number of benzene rings is 1. The highest BCUT2D eigenvalue weighted by Crippen LogP contribution is 2.14. The predicted octanol–water partition coefficient (Wildman–Crippen LogP) is 7.26. The summed E-state index contributed by atoms with van der Waals surface area (Å²) >= 11 is 0. The average molecular weight is 362 g/mol. The molecule has 0 amide bonds. The van der Waals surface area contributed by atoms with Crippen molar-refractivity contribution in [3.63, 3.8) is 0 Å². The fourth-order valence-corrected chi connectivity index (χ4v) is 3.40. The number of hydrogen-bond acceptors (Lipinski definition) is 2. The van der Waals surface area contributed by atoms with E-state index in [0.717, 1.165) is 12.2 Å². The van der Waals surface area contributed by atoms with Gasteiger partial charge in [0.05, 0.1) is 0 Å². The Labute approximate surface area is 162 Å². The SMILES string of the molecule is CCCCCCCCCCCCCCCCC(N)COc1ccccc1. The van der Waals surface area contributed by atoms with Crippen LogP contribution in [0.4, 0.5) is 0 Å². The van der Waals surface area contributed by atoms with Crippen LogP contribution in [-0.4, -0.2) is 12.6 Å². The summed E-state index contributed by atoms with van der Waals surface area (Å²) < 4.78 is 5.71. The molecule has 2 N–H and O–H groups in total. The summed E-state index contributed by atoms with van der Waals surface area (Å²) in [6, 6.07) is 10.1. The highest BCUT2D eigenvalue weighted by atomic mass is 16.5. The summed E-state index contributed by atoms with van der Waals surface area (Å²) in [5, 5.41) is 0. The minimum absolute atomic E-state index is 0.160. The molecular formula is C24H43NO. The molecule has 0 fully saturated rings. The number of unbranched alkanes of at least 4 members (excludes halogenated alkanes) is 13. The van der Waals surface area contributed by atoms with Gasteiger partial charge in [-0.1, -0.05) is 115 Å². The van der Waals surface area contributed by atoms with Crippen molar-refractivity contribution in [3.05, 3.63) is 30.3 Å². The van der Waals surface area contributed by atoms with Crippen LogP contribution in [0.1, 0.15) is 103 Å². The van der Waals surface area contributed by atoms with Gasteiger partial charge in [0.1, 0.15) is 12.4 Å². The maximum atomic E-state index is 6.14. The van der Waals surface area contributed by atoms with E-state index in [4.69, 9.17) is 10.5 Å². The third-order valence-electron chi connectivity index (χ3n) is 5.14. The van der Waals surface area contributed by atoms with Crippen LogP contribution < -0.4 is 10.5 Å². The third-order valence-corrected chi connectivity index (χ3v) is 5.14. The van der Waals surface area contributed by atoms with Crippen LogP contribution in [0.5, 0.6) is 5.75 Å². The molecule has 1 rings (SSSR count). The van der Waals surface area contributed by atoms with Crippen LogP contribution in [0, 0.1) is 0 Å². The lowest BCUT2D eigenvalue weighted by Crippen LogP contribution is -2.27. The van der Waals surface area contributed by atoms with E-state index in [1.807, 2.05) is 30.3 Å². The fraction of sp³-hybridized carbons (Fsp3) is 0.750. The van der Waals surface area contributed by atoms with Gasteiger partial charge in [0.15, 0.2) is 0 Å². The smallest absolute Gasteiger partial charge is 0.119 e. The van der Waals surface area contributed by atoms with Crippen molar-refractivity contribution in [2.24, 2.45) is 5.73 Å². The maximum absolute atomic E-state index is 6.14. The van der Waals surface area contributed by atoms with Crippen molar-refractivity contribution < 1.29 is 4.74 Å². The summed E-state index contributed by atoms with van der Waals surface area (Å²) in [5.74, 6) is 0.920. The lowest BCUT2D eigenvalue weighted by atomic mass is 10.0. The molecule has 0 aliphatic rings. The van der Waals surface area contributed by atoms with Gasteiger partial charge in [-0.25, -0.2) is 0 Å². The average Bonchev–Trinajstić information content (AvgIpc) is 2.67. The first-order chi connectivity index (χ1) is 12.8. The molecule has 0 heterocycles. The van der Waals surface area contributed by atoms with Gasteiger partial charge in [-0.2, -0.15) is 0 Å². The van der Waals surface area contributed by atoms with E-state index >= 15 is 0 Å². The van der Waals surface area contributed by atoms with Gasteiger partial charge in [-0.3, -0.25) is 0 Å². The highest BCUT2D eigenvalue weighted by molar-refractivity contribution is 5.20. The maximum Gasteiger partial charge on any atom is 0.119 e. The second-order valence-corrected chi connectivity index (χ2v) is 7.77. The van der Waals surface area contributed by atoms with Crippen molar-refractivity contribution in [3.8, 4) is 5.75 Å². The van der Waals surface area contributed by atoms with Gasteiger partial charge >= 0.3 is 0 Å². The second kappa shape index (κ2) is 17.4. The van der Waals surface area contributed by atoms with E-state index < -0.39 is 0 Å². The Hall–Kier alpha value is -1.02. The molecule has 0 saturated carbocycles. The lowest BCUT2D eigenvalue weighted by molar-refractivity contribution is 0.279.